The van der Waals surface area contributed by atoms with Crippen molar-refractivity contribution >= 4 is 41.5 Å². The molecule has 0 aromatic heterocycles. The number of benzene rings is 2. The van der Waals surface area contributed by atoms with Crippen LogP contribution in [0.1, 0.15) is 24.1 Å². The molecule has 28 heavy (non-hydrogen) atoms. The minimum absolute atomic E-state index is 0. The van der Waals surface area contributed by atoms with Gasteiger partial charge in [0.15, 0.2) is 5.96 Å². The third-order valence-electron chi connectivity index (χ3n) is 4.18. The van der Waals surface area contributed by atoms with Gasteiger partial charge in [-0.1, -0.05) is 17.7 Å². The molecule has 154 valence electrons. The van der Waals surface area contributed by atoms with Gasteiger partial charge in [-0.25, -0.2) is 0 Å². The molecule has 6 nitrogen and oxygen atoms in total. The second kappa shape index (κ2) is 11.9. The fourth-order valence-electron chi connectivity index (χ4n) is 2.70. The van der Waals surface area contributed by atoms with Crippen molar-refractivity contribution in [2.45, 2.75) is 19.5 Å². The molecular formula is C20H27ClIN3O3. The van der Waals surface area contributed by atoms with Gasteiger partial charge in [0.2, 0.25) is 0 Å². The molecule has 0 fully saturated rings. The van der Waals surface area contributed by atoms with Crippen LogP contribution in [0.25, 0.3) is 0 Å². The van der Waals surface area contributed by atoms with Crippen LogP contribution in [-0.4, -0.2) is 34.3 Å². The van der Waals surface area contributed by atoms with E-state index in [-0.39, 0.29) is 30.0 Å². The van der Waals surface area contributed by atoms with Gasteiger partial charge in [0.1, 0.15) is 17.2 Å². The van der Waals surface area contributed by atoms with Gasteiger partial charge in [0.05, 0.1) is 27.4 Å². The molecule has 0 spiro atoms. The van der Waals surface area contributed by atoms with Crippen molar-refractivity contribution in [2.24, 2.45) is 4.99 Å². The van der Waals surface area contributed by atoms with Gasteiger partial charge in [-0.05, 0) is 37.3 Å². The Kier molecular flexibility index (Phi) is 10.2. The van der Waals surface area contributed by atoms with E-state index in [1.807, 2.05) is 37.3 Å². The number of guanidine groups is 1. The highest BCUT2D eigenvalue weighted by molar-refractivity contribution is 14.0. The quantitative estimate of drug-likeness (QED) is 0.322. The highest BCUT2D eigenvalue weighted by atomic mass is 127. The molecule has 0 radical (unpaired) electrons. The monoisotopic (exact) mass is 519 g/mol. The van der Waals surface area contributed by atoms with Crippen molar-refractivity contribution in [3.63, 3.8) is 0 Å². The van der Waals surface area contributed by atoms with Crippen LogP contribution < -0.4 is 24.8 Å². The summed E-state index contributed by atoms with van der Waals surface area (Å²) in [4.78, 5) is 4.30. The van der Waals surface area contributed by atoms with Crippen LogP contribution in [0.15, 0.2) is 41.4 Å². The molecule has 0 saturated carbocycles. The largest absolute Gasteiger partial charge is 0.497 e. The Morgan fingerprint density at radius 2 is 1.75 bits per heavy atom. The average molecular weight is 520 g/mol. The van der Waals surface area contributed by atoms with Crippen molar-refractivity contribution in [3.05, 3.63) is 52.5 Å². The van der Waals surface area contributed by atoms with Crippen LogP contribution >= 0.6 is 35.6 Å². The van der Waals surface area contributed by atoms with Gasteiger partial charge < -0.3 is 24.8 Å². The molecule has 0 aliphatic carbocycles. The maximum Gasteiger partial charge on any atom is 0.191 e. The Morgan fingerprint density at radius 1 is 1.04 bits per heavy atom. The Labute approximate surface area is 188 Å². The van der Waals surface area contributed by atoms with Crippen molar-refractivity contribution in [1.82, 2.24) is 10.6 Å². The molecular weight excluding hydrogens is 493 g/mol. The molecule has 2 N–H and O–H groups in total. The molecule has 0 aliphatic heterocycles. The Bertz CT molecular complexity index is 802. The van der Waals surface area contributed by atoms with E-state index >= 15 is 0 Å². The first-order chi connectivity index (χ1) is 13.0. The lowest BCUT2D eigenvalue weighted by molar-refractivity contribution is 0.394. The number of hydrogen-bond acceptors (Lipinski definition) is 4. The highest BCUT2D eigenvalue weighted by Gasteiger charge is 2.14. The van der Waals surface area contributed by atoms with E-state index in [4.69, 9.17) is 25.8 Å². The van der Waals surface area contributed by atoms with Gasteiger partial charge >= 0.3 is 0 Å². The molecule has 1 atom stereocenters. The molecule has 2 aromatic rings. The molecule has 0 heterocycles. The first-order valence-corrected chi connectivity index (χ1v) is 8.91. The van der Waals surface area contributed by atoms with E-state index in [0.717, 1.165) is 28.4 Å². The normalized spacial score (nSPS) is 11.9. The van der Waals surface area contributed by atoms with Crippen molar-refractivity contribution in [2.75, 3.05) is 28.4 Å². The maximum absolute atomic E-state index is 6.02. The number of nitrogens with one attached hydrogen (secondary N) is 2. The Morgan fingerprint density at radius 3 is 2.36 bits per heavy atom. The smallest absolute Gasteiger partial charge is 0.191 e. The lowest BCUT2D eigenvalue weighted by Gasteiger charge is -2.21. The molecule has 1 unspecified atom stereocenters. The van der Waals surface area contributed by atoms with Crippen LogP contribution in [0.4, 0.5) is 0 Å². The first kappa shape index (κ1) is 24.2. The molecule has 0 aliphatic rings. The summed E-state index contributed by atoms with van der Waals surface area (Å²) in [5.41, 5.74) is 1.96. The van der Waals surface area contributed by atoms with E-state index in [1.165, 1.54) is 0 Å². The minimum atomic E-state index is -0.0478. The van der Waals surface area contributed by atoms with Crippen LogP contribution in [0.5, 0.6) is 17.2 Å². The summed E-state index contributed by atoms with van der Waals surface area (Å²) in [5, 5.41) is 7.29. The fraction of sp³-hybridized carbons (Fsp3) is 0.350. The maximum atomic E-state index is 6.02. The predicted octanol–water partition coefficient (Wildman–Crippen LogP) is 4.41. The first-order valence-electron chi connectivity index (χ1n) is 8.53. The second-order valence-electron chi connectivity index (χ2n) is 5.86. The lowest BCUT2D eigenvalue weighted by Crippen LogP contribution is -2.38. The highest BCUT2D eigenvalue weighted by Crippen LogP contribution is 2.29. The van der Waals surface area contributed by atoms with Crippen molar-refractivity contribution in [3.8, 4) is 17.2 Å². The summed E-state index contributed by atoms with van der Waals surface area (Å²) in [5.74, 6) is 2.94. The van der Waals surface area contributed by atoms with Crippen molar-refractivity contribution < 1.29 is 14.2 Å². The summed E-state index contributed by atoms with van der Waals surface area (Å²) >= 11 is 6.02. The van der Waals surface area contributed by atoms with Crippen LogP contribution in [0, 0.1) is 0 Å². The zero-order chi connectivity index (χ0) is 19.8. The van der Waals surface area contributed by atoms with E-state index in [1.54, 1.807) is 34.4 Å². The zero-order valence-corrected chi connectivity index (χ0v) is 19.8. The molecule has 0 bridgehead atoms. The van der Waals surface area contributed by atoms with Crippen LogP contribution in [-0.2, 0) is 6.54 Å². The van der Waals surface area contributed by atoms with Gasteiger partial charge in [0.25, 0.3) is 0 Å². The molecule has 0 amide bonds. The third kappa shape index (κ3) is 6.34. The molecule has 0 saturated heterocycles. The Balaban J connectivity index is 0.00000392. The number of nitrogens with zero attached hydrogens (tertiary/aromatic N) is 1. The van der Waals surface area contributed by atoms with Gasteiger partial charge in [-0.3, -0.25) is 4.99 Å². The SMILES string of the molecule is CN=C(NCc1ccc(Cl)cc1OC)NC(C)c1cc(OC)ccc1OC.I. The average Bonchev–Trinajstić information content (AvgIpc) is 2.70. The molecule has 8 heteroatoms. The fourth-order valence-corrected chi connectivity index (χ4v) is 2.86. The lowest BCUT2D eigenvalue weighted by atomic mass is 10.1. The number of halogens is 2. The van der Waals surface area contributed by atoms with Gasteiger partial charge in [0, 0.05) is 29.7 Å². The topological polar surface area (TPSA) is 64.1 Å². The number of hydrogen-bond donors (Lipinski definition) is 2. The minimum Gasteiger partial charge on any atom is -0.497 e. The van der Waals surface area contributed by atoms with Crippen LogP contribution in [0.3, 0.4) is 0 Å². The van der Waals surface area contributed by atoms with Crippen LogP contribution in [0.2, 0.25) is 5.02 Å². The van der Waals surface area contributed by atoms with Crippen molar-refractivity contribution in [1.29, 1.82) is 0 Å². The summed E-state index contributed by atoms with van der Waals surface area (Å²) in [6.07, 6.45) is 0. The van der Waals surface area contributed by atoms with E-state index < -0.39 is 0 Å². The van der Waals surface area contributed by atoms with Gasteiger partial charge in [-0.15, -0.1) is 24.0 Å². The zero-order valence-electron chi connectivity index (χ0n) is 16.7. The summed E-state index contributed by atoms with van der Waals surface area (Å²) in [7, 11) is 6.64. The summed E-state index contributed by atoms with van der Waals surface area (Å²) < 4.78 is 16.2. The summed E-state index contributed by atoms with van der Waals surface area (Å²) in [6.45, 7) is 2.58. The number of aliphatic imine (C=N–C) groups is 1. The third-order valence-corrected chi connectivity index (χ3v) is 4.41. The van der Waals surface area contributed by atoms with E-state index in [2.05, 4.69) is 15.6 Å². The standard InChI is InChI=1S/C20H26ClN3O3.HI/c1-13(17-11-16(25-3)8-9-18(17)26-4)24-20(22-2)23-12-14-6-7-15(21)10-19(14)27-5;/h6-11,13H,12H2,1-5H3,(H2,22,23,24);1H. The number of ether oxygens (including phenoxy) is 3. The predicted molar refractivity (Wildman–Crippen MR) is 125 cm³/mol. The number of rotatable bonds is 7. The van der Waals surface area contributed by atoms with E-state index in [0.29, 0.717) is 17.5 Å². The Hall–Kier alpha value is -1.87. The van der Waals surface area contributed by atoms with Gasteiger partial charge in [-0.2, -0.15) is 0 Å². The summed E-state index contributed by atoms with van der Waals surface area (Å²) in [6, 6.07) is 11.2. The molecule has 2 aromatic carbocycles. The second-order valence-corrected chi connectivity index (χ2v) is 6.29. The number of methoxy groups -OCH3 is 3. The van der Waals surface area contributed by atoms with E-state index in [9.17, 15) is 0 Å². The molecule has 2 rings (SSSR count).